The number of nitrogen functional groups attached to an aromatic ring is 1. The summed E-state index contributed by atoms with van der Waals surface area (Å²) < 4.78 is 10.7. The van der Waals surface area contributed by atoms with E-state index >= 15 is 0 Å². The van der Waals surface area contributed by atoms with Crippen LogP contribution in [0.15, 0.2) is 78.9 Å². The maximum Gasteiger partial charge on any atom is 0.412 e. The Labute approximate surface area is 198 Å². The average molecular weight is 462 g/mol. The molecule has 8 heteroatoms. The summed E-state index contributed by atoms with van der Waals surface area (Å²) >= 11 is 0. The first-order chi connectivity index (χ1) is 16.4. The Balaban J connectivity index is 1.71. The lowest BCUT2D eigenvalue weighted by Crippen LogP contribution is -2.17. The first kappa shape index (κ1) is 24.2. The van der Waals surface area contributed by atoms with Gasteiger partial charge in [-0.25, -0.2) is 4.79 Å². The van der Waals surface area contributed by atoms with E-state index in [2.05, 4.69) is 10.6 Å². The second-order valence-corrected chi connectivity index (χ2v) is 7.53. The van der Waals surface area contributed by atoms with E-state index in [0.717, 1.165) is 5.56 Å². The number of para-hydroxylation sites is 2. The van der Waals surface area contributed by atoms with E-state index < -0.39 is 12.2 Å². The van der Waals surface area contributed by atoms with Gasteiger partial charge >= 0.3 is 6.09 Å². The van der Waals surface area contributed by atoms with E-state index in [4.69, 9.17) is 15.2 Å². The molecule has 5 N–H and O–H groups in total. The molecule has 0 aliphatic rings. The van der Waals surface area contributed by atoms with E-state index in [9.17, 15) is 14.7 Å². The third kappa shape index (κ3) is 6.77. The van der Waals surface area contributed by atoms with Crippen LogP contribution in [0, 0.1) is 6.92 Å². The zero-order valence-electron chi connectivity index (χ0n) is 18.9. The SMILES string of the molecule is COc1ccc([C@@H](C/C=C/C(=O)Nc2ccccc2N)OC(=O)Nc2ccc(C)cc2)cc1O. The molecule has 0 heterocycles. The van der Waals surface area contributed by atoms with E-state index in [1.165, 1.54) is 19.3 Å². The van der Waals surface area contributed by atoms with Crippen molar-refractivity contribution in [1.29, 1.82) is 0 Å². The van der Waals surface area contributed by atoms with Crippen LogP contribution in [0.3, 0.4) is 0 Å². The van der Waals surface area contributed by atoms with Crippen LogP contribution in [-0.2, 0) is 9.53 Å². The van der Waals surface area contributed by atoms with Crippen molar-refractivity contribution >= 4 is 29.1 Å². The number of hydrogen-bond donors (Lipinski definition) is 4. The smallest absolute Gasteiger partial charge is 0.412 e. The minimum absolute atomic E-state index is 0.0891. The van der Waals surface area contributed by atoms with Crippen LogP contribution in [0.25, 0.3) is 0 Å². The van der Waals surface area contributed by atoms with Gasteiger partial charge in [-0.1, -0.05) is 42.0 Å². The van der Waals surface area contributed by atoms with Gasteiger partial charge in [0, 0.05) is 12.1 Å². The zero-order valence-corrected chi connectivity index (χ0v) is 18.9. The molecule has 0 unspecified atom stereocenters. The van der Waals surface area contributed by atoms with E-state index in [1.807, 2.05) is 19.1 Å². The molecule has 0 saturated heterocycles. The summed E-state index contributed by atoms with van der Waals surface area (Å²) in [5, 5.41) is 15.5. The number of amides is 2. The predicted octanol–water partition coefficient (Wildman–Crippen LogP) is 5.17. The van der Waals surface area contributed by atoms with Crippen molar-refractivity contribution in [2.75, 3.05) is 23.5 Å². The molecule has 0 aliphatic carbocycles. The Kier molecular flexibility index (Phi) is 8.12. The quantitative estimate of drug-likeness (QED) is 0.271. The molecule has 3 aromatic carbocycles. The number of phenolic OH excluding ortho intramolecular Hbond substituents is 1. The molecule has 176 valence electrons. The highest BCUT2D eigenvalue weighted by Gasteiger charge is 2.18. The molecule has 0 aromatic heterocycles. The molecule has 0 aliphatic heterocycles. The second kappa shape index (κ2) is 11.4. The number of carbonyl (C=O) groups is 2. The molecule has 0 bridgehead atoms. The highest BCUT2D eigenvalue weighted by Crippen LogP contribution is 2.32. The highest BCUT2D eigenvalue weighted by atomic mass is 16.6. The minimum atomic E-state index is -0.770. The number of anilines is 3. The number of phenols is 1. The standard InChI is InChI=1S/C26H27N3O5/c1-17-10-13-19(14-11-17)28-26(32)34-23(18-12-15-24(33-2)22(30)16-18)8-5-9-25(31)29-21-7-4-3-6-20(21)27/h3-7,9-16,23,30H,8,27H2,1-2H3,(H,28,32)(H,29,31)/b9-5+/t23-/m1/s1. The Hall–Kier alpha value is -4.46. The molecule has 0 fully saturated rings. The summed E-state index contributed by atoms with van der Waals surface area (Å²) in [6, 6.07) is 18.9. The van der Waals surface area contributed by atoms with E-state index in [0.29, 0.717) is 28.4 Å². The van der Waals surface area contributed by atoms with Crippen molar-refractivity contribution in [3.05, 3.63) is 90.0 Å². The largest absolute Gasteiger partial charge is 0.504 e. The Morgan fingerprint density at radius 2 is 1.79 bits per heavy atom. The molecule has 0 saturated carbocycles. The Bertz CT molecular complexity index is 1180. The first-order valence-electron chi connectivity index (χ1n) is 10.6. The first-order valence-corrected chi connectivity index (χ1v) is 10.6. The van der Waals surface area contributed by atoms with Crippen LogP contribution < -0.4 is 21.1 Å². The van der Waals surface area contributed by atoms with Crippen LogP contribution in [-0.4, -0.2) is 24.2 Å². The molecule has 3 rings (SSSR count). The van der Waals surface area contributed by atoms with Gasteiger partial charge in [-0.3, -0.25) is 10.1 Å². The van der Waals surface area contributed by atoms with Gasteiger partial charge in [0.2, 0.25) is 5.91 Å². The van der Waals surface area contributed by atoms with Gasteiger partial charge < -0.3 is 25.6 Å². The molecule has 34 heavy (non-hydrogen) atoms. The molecule has 0 radical (unpaired) electrons. The van der Waals surface area contributed by atoms with Crippen molar-refractivity contribution in [1.82, 2.24) is 0 Å². The van der Waals surface area contributed by atoms with Crippen LogP contribution in [0.4, 0.5) is 21.9 Å². The summed E-state index contributed by atoms with van der Waals surface area (Å²) in [6.45, 7) is 1.95. The van der Waals surface area contributed by atoms with Gasteiger partial charge in [0.1, 0.15) is 6.10 Å². The maximum atomic E-state index is 12.5. The van der Waals surface area contributed by atoms with Crippen LogP contribution in [0.2, 0.25) is 0 Å². The van der Waals surface area contributed by atoms with Gasteiger partial charge in [0.15, 0.2) is 11.5 Å². The van der Waals surface area contributed by atoms with Crippen LogP contribution in [0.1, 0.15) is 23.7 Å². The lowest BCUT2D eigenvalue weighted by atomic mass is 10.1. The lowest BCUT2D eigenvalue weighted by molar-refractivity contribution is -0.111. The Morgan fingerprint density at radius 3 is 2.47 bits per heavy atom. The number of nitrogens with one attached hydrogen (secondary N) is 2. The summed E-state index contributed by atoms with van der Waals surface area (Å²) in [7, 11) is 1.44. The van der Waals surface area contributed by atoms with Gasteiger partial charge in [-0.05, 0) is 55.0 Å². The van der Waals surface area contributed by atoms with Gasteiger partial charge in [0.05, 0.1) is 18.5 Å². The monoisotopic (exact) mass is 461 g/mol. The number of ether oxygens (including phenoxy) is 2. The summed E-state index contributed by atoms with van der Waals surface area (Å²) in [5.74, 6) is -0.172. The van der Waals surface area contributed by atoms with Crippen LogP contribution in [0.5, 0.6) is 11.5 Å². The minimum Gasteiger partial charge on any atom is -0.504 e. The van der Waals surface area contributed by atoms with Crippen molar-refractivity contribution < 1.29 is 24.2 Å². The molecular formula is C26H27N3O5. The number of aryl methyl sites for hydroxylation is 1. The summed E-state index contributed by atoms with van der Waals surface area (Å²) in [6.07, 6.45) is 1.67. The normalized spacial score (nSPS) is 11.6. The fourth-order valence-electron chi connectivity index (χ4n) is 3.16. The maximum absolute atomic E-state index is 12.5. The highest BCUT2D eigenvalue weighted by molar-refractivity contribution is 6.01. The van der Waals surface area contributed by atoms with Gasteiger partial charge in [-0.2, -0.15) is 0 Å². The van der Waals surface area contributed by atoms with Gasteiger partial charge in [0.25, 0.3) is 0 Å². The Morgan fingerprint density at radius 1 is 1.06 bits per heavy atom. The molecule has 2 amide bonds. The second-order valence-electron chi connectivity index (χ2n) is 7.53. The third-order valence-corrected chi connectivity index (χ3v) is 4.96. The fourth-order valence-corrected chi connectivity index (χ4v) is 3.16. The van der Waals surface area contributed by atoms with E-state index in [1.54, 1.807) is 54.6 Å². The zero-order chi connectivity index (χ0) is 24.5. The fraction of sp³-hybridized carbons (Fsp3) is 0.154. The molecule has 1 atom stereocenters. The number of hydrogen-bond acceptors (Lipinski definition) is 6. The lowest BCUT2D eigenvalue weighted by Gasteiger charge is -2.18. The molecule has 0 spiro atoms. The molecule has 8 nitrogen and oxygen atoms in total. The number of methoxy groups -OCH3 is 1. The number of aromatic hydroxyl groups is 1. The molecule has 3 aromatic rings. The molecular weight excluding hydrogens is 434 g/mol. The number of benzene rings is 3. The predicted molar refractivity (Wildman–Crippen MR) is 132 cm³/mol. The van der Waals surface area contributed by atoms with Gasteiger partial charge in [-0.15, -0.1) is 0 Å². The van der Waals surface area contributed by atoms with Crippen molar-refractivity contribution in [3.63, 3.8) is 0 Å². The average Bonchev–Trinajstić information content (AvgIpc) is 2.81. The van der Waals surface area contributed by atoms with Crippen molar-refractivity contribution in [2.45, 2.75) is 19.4 Å². The topological polar surface area (TPSA) is 123 Å². The van der Waals surface area contributed by atoms with Crippen LogP contribution >= 0.6 is 0 Å². The van der Waals surface area contributed by atoms with Crippen molar-refractivity contribution in [3.8, 4) is 11.5 Å². The van der Waals surface area contributed by atoms with Crippen molar-refractivity contribution in [2.24, 2.45) is 0 Å². The summed E-state index contributed by atoms with van der Waals surface area (Å²) in [5.41, 5.74) is 8.99. The van der Waals surface area contributed by atoms with E-state index in [-0.39, 0.29) is 18.1 Å². The number of nitrogens with two attached hydrogens (primary N) is 1. The number of carbonyl (C=O) groups excluding carboxylic acids is 2. The third-order valence-electron chi connectivity index (χ3n) is 4.96. The number of rotatable bonds is 8. The summed E-state index contributed by atoms with van der Waals surface area (Å²) in [4.78, 5) is 24.8.